The SMILES string of the molecule is Cc1c(NCCN2CCCC2)cc(OCCC(C)C)cc1N1CCNCC1. The maximum Gasteiger partial charge on any atom is 0.123 e. The van der Waals surface area contributed by atoms with Crippen molar-refractivity contribution in [2.24, 2.45) is 5.92 Å². The summed E-state index contributed by atoms with van der Waals surface area (Å²) in [6.45, 7) is 16.4. The van der Waals surface area contributed by atoms with Gasteiger partial charge in [-0.05, 0) is 50.8 Å². The Morgan fingerprint density at radius 1 is 1.11 bits per heavy atom. The van der Waals surface area contributed by atoms with Crippen LogP contribution in [0.3, 0.4) is 0 Å². The normalized spacial score (nSPS) is 18.3. The van der Waals surface area contributed by atoms with Gasteiger partial charge in [0.2, 0.25) is 0 Å². The molecule has 0 aliphatic carbocycles. The van der Waals surface area contributed by atoms with E-state index in [2.05, 4.69) is 53.3 Å². The monoisotopic (exact) mass is 374 g/mol. The first kappa shape index (κ1) is 20.3. The van der Waals surface area contributed by atoms with Gasteiger partial charge in [0, 0.05) is 62.8 Å². The lowest BCUT2D eigenvalue weighted by atomic mass is 10.1. The summed E-state index contributed by atoms with van der Waals surface area (Å²) in [5.74, 6) is 1.67. The quantitative estimate of drug-likeness (QED) is 0.694. The van der Waals surface area contributed by atoms with E-state index >= 15 is 0 Å². The fraction of sp³-hybridized carbons (Fsp3) is 0.727. The van der Waals surface area contributed by atoms with Gasteiger partial charge < -0.3 is 25.2 Å². The van der Waals surface area contributed by atoms with Crippen LogP contribution >= 0.6 is 0 Å². The summed E-state index contributed by atoms with van der Waals surface area (Å²) in [6, 6.07) is 4.44. The van der Waals surface area contributed by atoms with Gasteiger partial charge in [0.05, 0.1) is 6.61 Å². The molecule has 0 radical (unpaired) electrons. The minimum absolute atomic E-state index is 0.668. The van der Waals surface area contributed by atoms with Crippen LogP contribution in [0, 0.1) is 12.8 Å². The molecule has 5 heteroatoms. The van der Waals surface area contributed by atoms with Gasteiger partial charge in [0.15, 0.2) is 0 Å². The molecule has 0 spiro atoms. The van der Waals surface area contributed by atoms with Crippen LogP contribution in [0.25, 0.3) is 0 Å². The van der Waals surface area contributed by atoms with Crippen molar-refractivity contribution in [3.05, 3.63) is 17.7 Å². The molecule has 0 aromatic heterocycles. The fourth-order valence-corrected chi connectivity index (χ4v) is 3.94. The Kier molecular flexibility index (Phi) is 7.65. The van der Waals surface area contributed by atoms with Crippen molar-refractivity contribution in [3.63, 3.8) is 0 Å². The molecule has 1 aromatic carbocycles. The van der Waals surface area contributed by atoms with Crippen molar-refractivity contribution >= 4 is 11.4 Å². The highest BCUT2D eigenvalue weighted by atomic mass is 16.5. The molecule has 0 bridgehead atoms. The Bertz CT molecular complexity index is 578. The maximum absolute atomic E-state index is 6.13. The first-order valence-corrected chi connectivity index (χ1v) is 10.8. The van der Waals surface area contributed by atoms with E-state index in [1.807, 2.05) is 0 Å². The lowest BCUT2D eigenvalue weighted by Gasteiger charge is -2.32. The molecule has 0 unspecified atom stereocenters. The number of nitrogens with zero attached hydrogens (tertiary/aromatic N) is 2. The largest absolute Gasteiger partial charge is 0.493 e. The molecule has 0 amide bonds. The molecule has 0 saturated carbocycles. The second-order valence-electron chi connectivity index (χ2n) is 8.36. The van der Waals surface area contributed by atoms with Crippen molar-refractivity contribution in [3.8, 4) is 5.75 Å². The Morgan fingerprint density at radius 2 is 1.85 bits per heavy atom. The topological polar surface area (TPSA) is 39.8 Å². The summed E-state index contributed by atoms with van der Waals surface area (Å²) in [5, 5.41) is 7.15. The summed E-state index contributed by atoms with van der Waals surface area (Å²) in [7, 11) is 0. The van der Waals surface area contributed by atoms with Gasteiger partial charge in [-0.2, -0.15) is 0 Å². The van der Waals surface area contributed by atoms with E-state index in [0.29, 0.717) is 5.92 Å². The van der Waals surface area contributed by atoms with Gasteiger partial charge in [-0.15, -0.1) is 0 Å². The minimum atomic E-state index is 0.668. The highest BCUT2D eigenvalue weighted by Gasteiger charge is 2.17. The van der Waals surface area contributed by atoms with Crippen molar-refractivity contribution in [1.29, 1.82) is 0 Å². The number of rotatable bonds is 9. The van der Waals surface area contributed by atoms with E-state index in [1.165, 1.54) is 42.9 Å². The summed E-state index contributed by atoms with van der Waals surface area (Å²) < 4.78 is 6.13. The van der Waals surface area contributed by atoms with Crippen LogP contribution in [-0.2, 0) is 0 Å². The molecule has 0 atom stereocenters. The molecule has 5 nitrogen and oxygen atoms in total. The van der Waals surface area contributed by atoms with Crippen LogP contribution in [0.2, 0.25) is 0 Å². The highest BCUT2D eigenvalue weighted by Crippen LogP contribution is 2.33. The third-order valence-corrected chi connectivity index (χ3v) is 5.72. The standard InChI is InChI=1S/C22H38N4O/c1-18(2)6-15-27-20-16-21(24-9-12-25-10-4-5-11-25)19(3)22(17-20)26-13-7-23-8-14-26/h16-18,23-24H,4-15H2,1-3H3. The van der Waals surface area contributed by atoms with Crippen LogP contribution in [0.15, 0.2) is 12.1 Å². The predicted molar refractivity (Wildman–Crippen MR) is 115 cm³/mol. The van der Waals surface area contributed by atoms with Crippen LogP contribution in [0.4, 0.5) is 11.4 Å². The smallest absolute Gasteiger partial charge is 0.123 e. The van der Waals surface area contributed by atoms with E-state index in [9.17, 15) is 0 Å². The number of hydrogen-bond donors (Lipinski definition) is 2. The molecule has 1 aromatic rings. The molecular formula is C22H38N4O. The number of likely N-dealkylation sites (tertiary alicyclic amines) is 1. The summed E-state index contributed by atoms with van der Waals surface area (Å²) in [6.07, 6.45) is 3.80. The average Bonchev–Trinajstić information content (AvgIpc) is 3.18. The molecule has 2 aliphatic rings. The number of nitrogens with one attached hydrogen (secondary N) is 2. The predicted octanol–water partition coefficient (Wildman–Crippen LogP) is 3.34. The second-order valence-corrected chi connectivity index (χ2v) is 8.36. The van der Waals surface area contributed by atoms with Gasteiger partial charge in [0.1, 0.15) is 5.75 Å². The molecule has 2 N–H and O–H groups in total. The zero-order chi connectivity index (χ0) is 19.1. The molecule has 2 fully saturated rings. The average molecular weight is 375 g/mol. The van der Waals surface area contributed by atoms with E-state index < -0.39 is 0 Å². The van der Waals surface area contributed by atoms with Crippen molar-refractivity contribution in [1.82, 2.24) is 10.2 Å². The number of piperazine rings is 1. The first-order valence-electron chi connectivity index (χ1n) is 10.8. The number of benzene rings is 1. The Balaban J connectivity index is 1.69. The van der Waals surface area contributed by atoms with Gasteiger partial charge in [-0.3, -0.25) is 0 Å². The summed E-state index contributed by atoms with van der Waals surface area (Å²) in [4.78, 5) is 5.05. The third kappa shape index (κ3) is 6.01. The molecule has 2 saturated heterocycles. The molecule has 2 heterocycles. The molecule has 2 aliphatic heterocycles. The number of hydrogen-bond acceptors (Lipinski definition) is 5. The lowest BCUT2D eigenvalue weighted by molar-refractivity contribution is 0.289. The molecule has 152 valence electrons. The Hall–Kier alpha value is -1.46. The van der Waals surface area contributed by atoms with E-state index in [1.54, 1.807) is 0 Å². The van der Waals surface area contributed by atoms with Gasteiger partial charge in [-0.1, -0.05) is 13.8 Å². The maximum atomic E-state index is 6.13. The van der Waals surface area contributed by atoms with Crippen molar-refractivity contribution < 1.29 is 4.74 Å². The van der Waals surface area contributed by atoms with Crippen LogP contribution in [0.5, 0.6) is 5.75 Å². The van der Waals surface area contributed by atoms with Crippen LogP contribution < -0.4 is 20.3 Å². The van der Waals surface area contributed by atoms with Gasteiger partial charge >= 0.3 is 0 Å². The van der Waals surface area contributed by atoms with Crippen molar-refractivity contribution in [2.45, 2.75) is 40.0 Å². The minimum Gasteiger partial charge on any atom is -0.493 e. The zero-order valence-electron chi connectivity index (χ0n) is 17.5. The van der Waals surface area contributed by atoms with Gasteiger partial charge in [0.25, 0.3) is 0 Å². The van der Waals surface area contributed by atoms with E-state index in [0.717, 1.165) is 58.0 Å². The molecule has 27 heavy (non-hydrogen) atoms. The van der Waals surface area contributed by atoms with Crippen LogP contribution in [0.1, 0.15) is 38.7 Å². The highest BCUT2D eigenvalue weighted by molar-refractivity contribution is 5.69. The lowest BCUT2D eigenvalue weighted by Crippen LogP contribution is -2.43. The van der Waals surface area contributed by atoms with E-state index in [-0.39, 0.29) is 0 Å². The zero-order valence-corrected chi connectivity index (χ0v) is 17.5. The van der Waals surface area contributed by atoms with Crippen molar-refractivity contribution in [2.75, 3.05) is 69.2 Å². The van der Waals surface area contributed by atoms with Crippen LogP contribution in [-0.4, -0.2) is 63.9 Å². The third-order valence-electron chi connectivity index (χ3n) is 5.72. The molecular weight excluding hydrogens is 336 g/mol. The second kappa shape index (κ2) is 10.2. The fourth-order valence-electron chi connectivity index (χ4n) is 3.94. The molecule has 3 rings (SSSR count). The van der Waals surface area contributed by atoms with Gasteiger partial charge in [-0.25, -0.2) is 0 Å². The Labute approximate surface area is 165 Å². The number of ether oxygens (including phenoxy) is 1. The Morgan fingerprint density at radius 3 is 2.56 bits per heavy atom. The number of anilines is 2. The first-order chi connectivity index (χ1) is 13.1. The van der Waals surface area contributed by atoms with E-state index in [4.69, 9.17) is 4.74 Å². The summed E-state index contributed by atoms with van der Waals surface area (Å²) >= 11 is 0. The summed E-state index contributed by atoms with van der Waals surface area (Å²) in [5.41, 5.74) is 3.89.